The van der Waals surface area contributed by atoms with Crippen LogP contribution in [0.4, 0.5) is 11.4 Å². The van der Waals surface area contributed by atoms with Gasteiger partial charge in [-0.25, -0.2) is 4.99 Å². The van der Waals surface area contributed by atoms with Crippen molar-refractivity contribution >= 4 is 44.4 Å². The van der Waals surface area contributed by atoms with E-state index < -0.39 is 5.60 Å². The van der Waals surface area contributed by atoms with Crippen molar-refractivity contribution in [3.05, 3.63) is 59.0 Å². The number of ketones is 1. The number of aliphatic hydroxyl groups is 1. The first-order valence-electron chi connectivity index (χ1n) is 8.28. The fourth-order valence-corrected chi connectivity index (χ4v) is 4.53. The molecule has 0 saturated carbocycles. The number of fused-ring (bicyclic) bond motifs is 3. The summed E-state index contributed by atoms with van der Waals surface area (Å²) in [5, 5.41) is 14.4. The molecular weight excluding hydrogens is 332 g/mol. The highest BCUT2D eigenvalue weighted by Crippen LogP contribution is 2.40. The lowest BCUT2D eigenvalue weighted by Crippen LogP contribution is -2.48. The van der Waals surface area contributed by atoms with Gasteiger partial charge in [0.15, 0.2) is 5.60 Å². The van der Waals surface area contributed by atoms with Gasteiger partial charge in [-0.1, -0.05) is 17.7 Å². The zero-order valence-corrected chi connectivity index (χ0v) is 14.5. The van der Waals surface area contributed by atoms with E-state index in [4.69, 9.17) is 0 Å². The van der Waals surface area contributed by atoms with Crippen LogP contribution in [0.25, 0.3) is 10.1 Å². The summed E-state index contributed by atoms with van der Waals surface area (Å²) in [6, 6.07) is 13.9. The number of benzene rings is 2. The Bertz CT molecular complexity index is 1070. The zero-order chi connectivity index (χ0) is 17.2. The lowest BCUT2D eigenvalue weighted by molar-refractivity contribution is 0.0602. The van der Waals surface area contributed by atoms with E-state index in [1.54, 1.807) is 11.3 Å². The Kier molecular flexibility index (Phi) is 2.96. The molecule has 0 spiro atoms. The van der Waals surface area contributed by atoms with Gasteiger partial charge in [-0.3, -0.25) is 4.79 Å². The van der Waals surface area contributed by atoms with E-state index in [-0.39, 0.29) is 5.78 Å². The molecule has 5 heteroatoms. The third kappa shape index (κ3) is 2.03. The zero-order valence-electron chi connectivity index (χ0n) is 13.7. The minimum absolute atomic E-state index is 0.240. The van der Waals surface area contributed by atoms with Gasteiger partial charge in [0.1, 0.15) is 5.84 Å². The molecule has 1 fully saturated rings. The second kappa shape index (κ2) is 5.00. The molecule has 0 bridgehead atoms. The average molecular weight is 348 g/mol. The second-order valence-electron chi connectivity index (χ2n) is 6.69. The molecule has 1 atom stereocenters. The number of carbonyl (C=O) groups is 1. The summed E-state index contributed by atoms with van der Waals surface area (Å²) in [5.41, 5.74) is 1.59. The summed E-state index contributed by atoms with van der Waals surface area (Å²) < 4.78 is 1.19. The minimum Gasteiger partial charge on any atom is -0.374 e. The molecule has 2 aliphatic rings. The van der Waals surface area contributed by atoms with Gasteiger partial charge in [-0.05, 0) is 48.0 Å². The summed E-state index contributed by atoms with van der Waals surface area (Å²) >= 11 is 1.68. The van der Waals surface area contributed by atoms with Crippen molar-refractivity contribution < 1.29 is 9.90 Å². The lowest BCUT2D eigenvalue weighted by atomic mass is 9.87. The maximum absolute atomic E-state index is 13.0. The fourth-order valence-electron chi connectivity index (χ4n) is 3.71. The number of amidine groups is 1. The number of hydrogen-bond acceptors (Lipinski definition) is 5. The van der Waals surface area contributed by atoms with Crippen LogP contribution in [0.15, 0.2) is 52.8 Å². The molecule has 1 N–H and O–H groups in total. The molecule has 2 aliphatic heterocycles. The van der Waals surface area contributed by atoms with E-state index in [1.165, 1.54) is 10.1 Å². The van der Waals surface area contributed by atoms with E-state index in [0.717, 1.165) is 11.3 Å². The minimum atomic E-state index is -1.52. The van der Waals surface area contributed by atoms with Crippen LogP contribution in [0.5, 0.6) is 0 Å². The molecule has 124 valence electrons. The molecule has 1 saturated heterocycles. The summed E-state index contributed by atoms with van der Waals surface area (Å²) in [4.78, 5) is 19.6. The van der Waals surface area contributed by atoms with E-state index in [2.05, 4.69) is 28.6 Å². The molecule has 25 heavy (non-hydrogen) atoms. The van der Waals surface area contributed by atoms with E-state index >= 15 is 0 Å². The Morgan fingerprint density at radius 2 is 2.08 bits per heavy atom. The Labute approximate surface area is 149 Å². The first-order chi connectivity index (χ1) is 12.1. The number of carbonyl (C=O) groups excluding carboxylic acids is 1. The molecule has 1 aromatic heterocycles. The van der Waals surface area contributed by atoms with Crippen LogP contribution in [-0.4, -0.2) is 28.9 Å². The van der Waals surface area contributed by atoms with Gasteiger partial charge in [0.2, 0.25) is 5.78 Å². The molecule has 1 unspecified atom stereocenters. The number of anilines is 1. The number of rotatable bonds is 1. The number of aliphatic imine (C=N–C) groups is 1. The Morgan fingerprint density at radius 3 is 2.96 bits per heavy atom. The SMILES string of the molecule is Cc1ccc2c(c1)C(=O)C1(O)CCN(c3ccc4ccsc4c3)C1=N2. The quantitative estimate of drug-likeness (QED) is 0.721. The van der Waals surface area contributed by atoms with Crippen molar-refractivity contribution in [1.29, 1.82) is 0 Å². The molecule has 0 aliphatic carbocycles. The molecule has 3 aromatic rings. The third-order valence-electron chi connectivity index (χ3n) is 5.07. The Balaban J connectivity index is 1.67. The largest absolute Gasteiger partial charge is 0.374 e. The third-order valence-corrected chi connectivity index (χ3v) is 5.95. The number of aryl methyl sites for hydroxylation is 1. The highest BCUT2D eigenvalue weighted by molar-refractivity contribution is 7.17. The highest BCUT2D eigenvalue weighted by atomic mass is 32.1. The second-order valence-corrected chi connectivity index (χ2v) is 7.64. The van der Waals surface area contributed by atoms with E-state index in [0.29, 0.717) is 30.1 Å². The van der Waals surface area contributed by atoms with Crippen LogP contribution in [0, 0.1) is 6.92 Å². The summed E-state index contributed by atoms with van der Waals surface area (Å²) in [6.45, 7) is 2.51. The van der Waals surface area contributed by atoms with Gasteiger partial charge >= 0.3 is 0 Å². The van der Waals surface area contributed by atoms with Crippen LogP contribution >= 0.6 is 11.3 Å². The average Bonchev–Trinajstić information content (AvgIpc) is 3.20. The van der Waals surface area contributed by atoms with Gasteiger partial charge in [0.05, 0.1) is 5.69 Å². The summed E-state index contributed by atoms with van der Waals surface area (Å²) in [5.74, 6) is 0.209. The van der Waals surface area contributed by atoms with Crippen LogP contribution in [0.2, 0.25) is 0 Å². The van der Waals surface area contributed by atoms with Crippen LogP contribution in [-0.2, 0) is 0 Å². The maximum atomic E-state index is 13.0. The van der Waals surface area contributed by atoms with E-state index in [1.807, 2.05) is 36.1 Å². The number of nitrogens with zero attached hydrogens (tertiary/aromatic N) is 2. The van der Waals surface area contributed by atoms with Gasteiger partial charge in [-0.2, -0.15) is 0 Å². The van der Waals surface area contributed by atoms with E-state index in [9.17, 15) is 9.90 Å². The lowest BCUT2D eigenvalue weighted by Gasteiger charge is -2.29. The topological polar surface area (TPSA) is 52.9 Å². The molecular formula is C20H16N2O2S. The van der Waals surface area contributed by atoms with Crippen LogP contribution in [0.3, 0.4) is 0 Å². The molecule has 3 heterocycles. The number of thiophene rings is 1. The standard InChI is InChI=1S/C20H16N2O2S/c1-12-2-5-16-15(10-12)18(23)20(24)7-8-22(19(20)21-16)14-4-3-13-6-9-25-17(13)11-14/h2-6,9-11,24H,7-8H2,1H3. The van der Waals surface area contributed by atoms with Gasteiger partial charge in [-0.15, -0.1) is 11.3 Å². The molecule has 4 nitrogen and oxygen atoms in total. The van der Waals surface area contributed by atoms with Gasteiger partial charge in [0, 0.05) is 28.9 Å². The molecule has 2 aromatic carbocycles. The predicted molar refractivity (Wildman–Crippen MR) is 101 cm³/mol. The van der Waals surface area contributed by atoms with Crippen molar-refractivity contribution in [3.8, 4) is 0 Å². The molecule has 0 radical (unpaired) electrons. The van der Waals surface area contributed by atoms with Crippen molar-refractivity contribution in [1.82, 2.24) is 0 Å². The summed E-state index contributed by atoms with van der Waals surface area (Å²) in [7, 11) is 0. The predicted octanol–water partition coefficient (Wildman–Crippen LogP) is 4.08. The summed E-state index contributed by atoms with van der Waals surface area (Å²) in [6.07, 6.45) is 0.362. The van der Waals surface area contributed by atoms with Crippen molar-refractivity contribution in [3.63, 3.8) is 0 Å². The van der Waals surface area contributed by atoms with Gasteiger partial charge in [0.25, 0.3) is 0 Å². The van der Waals surface area contributed by atoms with Crippen LogP contribution in [0.1, 0.15) is 22.3 Å². The fraction of sp³-hybridized carbons (Fsp3) is 0.200. The molecule has 5 rings (SSSR count). The normalized spacial score (nSPS) is 22.1. The monoisotopic (exact) mass is 348 g/mol. The maximum Gasteiger partial charge on any atom is 0.204 e. The Hall–Kier alpha value is -2.50. The first-order valence-corrected chi connectivity index (χ1v) is 9.16. The smallest absolute Gasteiger partial charge is 0.204 e. The highest BCUT2D eigenvalue weighted by Gasteiger charge is 2.52. The number of hydrogen-bond donors (Lipinski definition) is 1. The van der Waals surface area contributed by atoms with Crippen molar-refractivity contribution in [2.24, 2.45) is 4.99 Å². The van der Waals surface area contributed by atoms with Gasteiger partial charge < -0.3 is 10.0 Å². The number of Topliss-reactive ketones (excluding diaryl/α,β-unsaturated/α-hetero) is 1. The van der Waals surface area contributed by atoms with Crippen molar-refractivity contribution in [2.75, 3.05) is 11.4 Å². The van der Waals surface area contributed by atoms with Crippen LogP contribution < -0.4 is 4.90 Å². The first kappa shape index (κ1) is 14.8. The van der Waals surface area contributed by atoms with Crippen molar-refractivity contribution in [2.45, 2.75) is 18.9 Å². The molecule has 0 amide bonds. The Morgan fingerprint density at radius 1 is 1.20 bits per heavy atom.